The first-order chi connectivity index (χ1) is 13.8. The number of rotatable bonds is 4. The van der Waals surface area contributed by atoms with Gasteiger partial charge in [-0.2, -0.15) is 10.1 Å². The highest BCUT2D eigenvalue weighted by atomic mass is 35.5. The highest BCUT2D eigenvalue weighted by Crippen LogP contribution is 2.31. The largest absolute Gasteiger partial charge is 0.357 e. The number of nitrogens with one attached hydrogen (secondary N) is 1. The quantitative estimate of drug-likeness (QED) is 0.439. The Labute approximate surface area is 171 Å². The maximum atomic E-state index is 6.04. The van der Waals surface area contributed by atoms with Gasteiger partial charge in [0.2, 0.25) is 5.28 Å². The highest BCUT2D eigenvalue weighted by Gasteiger charge is 2.16. The number of fused-ring (bicyclic) bond motifs is 1. The van der Waals surface area contributed by atoms with Crippen LogP contribution >= 0.6 is 22.9 Å². The summed E-state index contributed by atoms with van der Waals surface area (Å²) >= 11 is 7.63. The summed E-state index contributed by atoms with van der Waals surface area (Å²) in [5.41, 5.74) is 3.97. The van der Waals surface area contributed by atoms with E-state index in [-0.39, 0.29) is 11.5 Å². The fourth-order valence-electron chi connectivity index (χ4n) is 3.38. The number of aromatic nitrogens is 4. The zero-order valence-corrected chi connectivity index (χ0v) is 16.6. The maximum Gasteiger partial charge on any atom is 0.224 e. The number of nitrogens with zero attached hydrogens (tertiary/aromatic N) is 4. The number of benzene rings is 1. The lowest BCUT2D eigenvalue weighted by Crippen LogP contribution is -2.18. The van der Waals surface area contributed by atoms with Crippen molar-refractivity contribution in [2.75, 3.05) is 11.9 Å². The maximum absolute atomic E-state index is 6.04. The van der Waals surface area contributed by atoms with Gasteiger partial charge in [0.25, 0.3) is 0 Å². The Balaban J connectivity index is 1.36. The van der Waals surface area contributed by atoms with Crippen molar-refractivity contribution in [3.63, 3.8) is 0 Å². The van der Waals surface area contributed by atoms with Crippen molar-refractivity contribution in [3.8, 4) is 11.1 Å². The molecule has 0 bridgehead atoms. The lowest BCUT2D eigenvalue weighted by molar-refractivity contribution is -0.0394. The van der Waals surface area contributed by atoms with Gasteiger partial charge >= 0.3 is 0 Å². The molecular formula is C20H18ClN5OS. The number of hydrogen-bond acceptors (Lipinski definition) is 6. The molecule has 1 atom stereocenters. The zero-order valence-electron chi connectivity index (χ0n) is 15.0. The van der Waals surface area contributed by atoms with Crippen LogP contribution < -0.4 is 5.32 Å². The van der Waals surface area contributed by atoms with Crippen molar-refractivity contribution < 1.29 is 4.74 Å². The summed E-state index contributed by atoms with van der Waals surface area (Å²) in [5, 5.41) is 10.1. The van der Waals surface area contributed by atoms with E-state index in [9.17, 15) is 0 Å². The summed E-state index contributed by atoms with van der Waals surface area (Å²) in [6.07, 6.45) is 7.33. The van der Waals surface area contributed by atoms with Crippen molar-refractivity contribution in [2.24, 2.45) is 0 Å². The molecule has 1 aromatic carbocycles. The van der Waals surface area contributed by atoms with Gasteiger partial charge < -0.3 is 10.1 Å². The average molecular weight is 412 g/mol. The van der Waals surface area contributed by atoms with Crippen molar-refractivity contribution in [1.29, 1.82) is 0 Å². The molecule has 28 heavy (non-hydrogen) atoms. The minimum Gasteiger partial charge on any atom is -0.357 e. The summed E-state index contributed by atoms with van der Waals surface area (Å²) in [4.78, 5) is 8.57. The topological polar surface area (TPSA) is 64.9 Å². The van der Waals surface area contributed by atoms with Crippen LogP contribution in [0.2, 0.25) is 5.28 Å². The molecule has 0 saturated carbocycles. The molecule has 6 nitrogen and oxygen atoms in total. The Morgan fingerprint density at radius 2 is 2.00 bits per heavy atom. The van der Waals surface area contributed by atoms with Crippen molar-refractivity contribution in [2.45, 2.75) is 25.5 Å². The molecule has 0 amide bonds. The molecule has 1 unspecified atom stereocenters. The second-order valence-electron chi connectivity index (χ2n) is 6.71. The Kier molecular flexibility index (Phi) is 4.72. The van der Waals surface area contributed by atoms with E-state index < -0.39 is 0 Å². The van der Waals surface area contributed by atoms with Crippen LogP contribution in [0, 0.1) is 0 Å². The van der Waals surface area contributed by atoms with Gasteiger partial charge in [0.1, 0.15) is 6.23 Å². The fraction of sp³-hybridized carbons (Fsp3) is 0.250. The summed E-state index contributed by atoms with van der Waals surface area (Å²) in [7, 11) is 0. The van der Waals surface area contributed by atoms with E-state index in [2.05, 4.69) is 38.7 Å². The lowest BCUT2D eigenvalue weighted by atomic mass is 10.1. The highest BCUT2D eigenvalue weighted by molar-refractivity contribution is 7.17. The molecule has 1 aliphatic rings. The third-order valence-electron chi connectivity index (χ3n) is 4.81. The van der Waals surface area contributed by atoms with E-state index in [1.54, 1.807) is 11.3 Å². The molecule has 4 heterocycles. The molecule has 1 saturated heterocycles. The Bertz CT molecular complexity index is 1100. The second-order valence-corrected chi connectivity index (χ2v) is 7.96. The van der Waals surface area contributed by atoms with Crippen LogP contribution in [0.15, 0.2) is 48.1 Å². The van der Waals surface area contributed by atoms with Gasteiger partial charge in [-0.3, -0.25) is 0 Å². The predicted octanol–water partition coefficient (Wildman–Crippen LogP) is 5.65. The fourth-order valence-corrected chi connectivity index (χ4v) is 4.33. The third-order valence-corrected chi connectivity index (χ3v) is 5.89. The summed E-state index contributed by atoms with van der Waals surface area (Å²) in [6.45, 7) is 0.810. The van der Waals surface area contributed by atoms with Gasteiger partial charge in [-0.15, -0.1) is 11.3 Å². The SMILES string of the molecule is Clc1nc(Nc2ccc(-c3cnn(C4CCCCO4)c3)cc2)c2sccc2n1. The molecule has 3 aromatic heterocycles. The zero-order chi connectivity index (χ0) is 18.9. The van der Waals surface area contributed by atoms with E-state index in [1.807, 2.05) is 34.5 Å². The van der Waals surface area contributed by atoms with E-state index >= 15 is 0 Å². The Morgan fingerprint density at radius 3 is 2.82 bits per heavy atom. The average Bonchev–Trinajstić information content (AvgIpc) is 3.39. The summed E-state index contributed by atoms with van der Waals surface area (Å²) in [5.74, 6) is 0.722. The van der Waals surface area contributed by atoms with Gasteiger partial charge in [-0.05, 0) is 60.0 Å². The van der Waals surface area contributed by atoms with Crippen LogP contribution in [0.4, 0.5) is 11.5 Å². The third kappa shape index (κ3) is 3.48. The summed E-state index contributed by atoms with van der Waals surface area (Å²) < 4.78 is 8.72. The summed E-state index contributed by atoms with van der Waals surface area (Å²) in [6, 6.07) is 10.1. The van der Waals surface area contributed by atoms with E-state index in [0.29, 0.717) is 0 Å². The van der Waals surface area contributed by atoms with Crippen molar-refractivity contribution >= 4 is 44.7 Å². The molecule has 142 valence electrons. The molecule has 1 fully saturated rings. The lowest BCUT2D eigenvalue weighted by Gasteiger charge is -2.22. The number of halogens is 1. The Hall–Kier alpha value is -2.48. The smallest absolute Gasteiger partial charge is 0.224 e. The minimum absolute atomic E-state index is 0.0548. The number of anilines is 2. The molecule has 5 rings (SSSR count). The van der Waals surface area contributed by atoms with E-state index in [1.165, 1.54) is 6.42 Å². The molecule has 1 N–H and O–H groups in total. The molecule has 1 aliphatic heterocycles. The standard InChI is InChI=1S/C20H18ClN5OS/c21-20-24-16-8-10-28-18(16)19(25-20)23-15-6-4-13(5-7-15)14-11-22-26(12-14)17-3-1-2-9-27-17/h4-8,10-12,17H,1-3,9H2,(H,23,24,25). The molecule has 8 heteroatoms. The van der Waals surface area contributed by atoms with Gasteiger partial charge in [0.15, 0.2) is 5.82 Å². The molecule has 0 aliphatic carbocycles. The van der Waals surface area contributed by atoms with E-state index in [4.69, 9.17) is 16.3 Å². The minimum atomic E-state index is 0.0548. The molecule has 4 aromatic rings. The van der Waals surface area contributed by atoms with Gasteiger partial charge in [-0.1, -0.05) is 12.1 Å². The first-order valence-electron chi connectivity index (χ1n) is 9.20. The van der Waals surface area contributed by atoms with Crippen LogP contribution in [0.3, 0.4) is 0 Å². The molecule has 0 radical (unpaired) electrons. The van der Waals surface area contributed by atoms with Crippen LogP contribution in [-0.2, 0) is 4.74 Å². The number of ether oxygens (including phenoxy) is 1. The Morgan fingerprint density at radius 1 is 1.11 bits per heavy atom. The van der Waals surface area contributed by atoms with Crippen LogP contribution in [0.25, 0.3) is 21.3 Å². The van der Waals surface area contributed by atoms with Gasteiger partial charge in [-0.25, -0.2) is 9.67 Å². The first-order valence-corrected chi connectivity index (χ1v) is 10.5. The molecule has 0 spiro atoms. The van der Waals surface area contributed by atoms with Crippen LogP contribution in [0.1, 0.15) is 25.5 Å². The first kappa shape index (κ1) is 17.6. The number of hydrogen-bond donors (Lipinski definition) is 1. The van der Waals surface area contributed by atoms with Crippen LogP contribution in [-0.4, -0.2) is 26.4 Å². The van der Waals surface area contributed by atoms with Crippen molar-refractivity contribution in [3.05, 3.63) is 53.4 Å². The monoisotopic (exact) mass is 411 g/mol. The molecular weight excluding hydrogens is 394 g/mol. The predicted molar refractivity (Wildman–Crippen MR) is 112 cm³/mol. The normalized spacial score (nSPS) is 17.1. The second kappa shape index (κ2) is 7.50. The van der Waals surface area contributed by atoms with Crippen LogP contribution in [0.5, 0.6) is 0 Å². The van der Waals surface area contributed by atoms with Crippen molar-refractivity contribution in [1.82, 2.24) is 19.7 Å². The van der Waals surface area contributed by atoms with Gasteiger partial charge in [0, 0.05) is 24.1 Å². The number of thiophene rings is 1. The van der Waals surface area contributed by atoms with Gasteiger partial charge in [0.05, 0.1) is 16.4 Å². The van der Waals surface area contributed by atoms with E-state index in [0.717, 1.165) is 52.3 Å².